The number of hydrogen-bond donors (Lipinski definition) is 1. The summed E-state index contributed by atoms with van der Waals surface area (Å²) in [6, 6.07) is 5.76. The van der Waals surface area contributed by atoms with Crippen molar-refractivity contribution in [2.45, 2.75) is 17.9 Å². The number of methoxy groups -OCH3 is 1. The van der Waals surface area contributed by atoms with Crippen LogP contribution in [-0.2, 0) is 14.8 Å². The van der Waals surface area contributed by atoms with Crippen molar-refractivity contribution in [1.29, 1.82) is 0 Å². The van der Waals surface area contributed by atoms with Crippen molar-refractivity contribution in [2.24, 2.45) is 0 Å². The summed E-state index contributed by atoms with van der Waals surface area (Å²) in [5.41, 5.74) is 0.573. The Morgan fingerprint density at radius 2 is 2.09 bits per heavy atom. The first-order chi connectivity index (χ1) is 10.8. The molecule has 0 aliphatic heterocycles. The van der Waals surface area contributed by atoms with Crippen molar-refractivity contribution >= 4 is 16.0 Å². The molecule has 0 saturated carbocycles. The van der Waals surface area contributed by atoms with E-state index >= 15 is 0 Å². The van der Waals surface area contributed by atoms with Crippen LogP contribution in [0.2, 0.25) is 0 Å². The molecule has 0 aliphatic rings. The molecule has 6 nitrogen and oxygen atoms in total. The SMILES string of the molecule is COC(=O)c1ccc(F)c(S(=O)(=O)NC(C)c2cccnc2)c1. The molecular weight excluding hydrogens is 323 g/mol. The van der Waals surface area contributed by atoms with Crippen LogP contribution in [0.15, 0.2) is 47.6 Å². The maximum Gasteiger partial charge on any atom is 0.337 e. The highest BCUT2D eigenvalue weighted by molar-refractivity contribution is 7.89. The van der Waals surface area contributed by atoms with E-state index in [1.165, 1.54) is 6.20 Å². The molecule has 0 bridgehead atoms. The van der Waals surface area contributed by atoms with E-state index in [4.69, 9.17) is 0 Å². The lowest BCUT2D eigenvalue weighted by molar-refractivity contribution is 0.0600. The van der Waals surface area contributed by atoms with E-state index in [0.717, 1.165) is 25.3 Å². The summed E-state index contributed by atoms with van der Waals surface area (Å²) in [6.07, 6.45) is 3.07. The summed E-state index contributed by atoms with van der Waals surface area (Å²) < 4.78 is 45.5. The Morgan fingerprint density at radius 1 is 1.35 bits per heavy atom. The maximum absolute atomic E-state index is 13.9. The van der Waals surface area contributed by atoms with Gasteiger partial charge in [0.05, 0.1) is 12.7 Å². The number of halogens is 1. The maximum atomic E-state index is 13.9. The zero-order chi connectivity index (χ0) is 17.0. The minimum Gasteiger partial charge on any atom is -0.465 e. The second-order valence-corrected chi connectivity index (χ2v) is 6.45. The zero-order valence-corrected chi connectivity index (χ0v) is 13.3. The number of nitrogens with one attached hydrogen (secondary N) is 1. The number of hydrogen-bond acceptors (Lipinski definition) is 5. The second kappa shape index (κ2) is 6.84. The van der Waals surface area contributed by atoms with Gasteiger partial charge in [-0.25, -0.2) is 22.3 Å². The van der Waals surface area contributed by atoms with Gasteiger partial charge in [0.2, 0.25) is 10.0 Å². The summed E-state index contributed by atoms with van der Waals surface area (Å²) >= 11 is 0. The Labute approximate surface area is 133 Å². The zero-order valence-electron chi connectivity index (χ0n) is 12.5. The molecule has 2 rings (SSSR count). The van der Waals surface area contributed by atoms with Gasteiger partial charge >= 0.3 is 5.97 Å². The van der Waals surface area contributed by atoms with E-state index in [0.29, 0.717) is 5.56 Å². The van der Waals surface area contributed by atoms with Gasteiger partial charge in [-0.2, -0.15) is 0 Å². The number of carbonyl (C=O) groups is 1. The average molecular weight is 338 g/mol. The number of pyridine rings is 1. The number of ether oxygens (including phenoxy) is 1. The Hall–Kier alpha value is -2.32. The van der Waals surface area contributed by atoms with Crippen LogP contribution in [0.3, 0.4) is 0 Å². The molecule has 8 heteroatoms. The molecular formula is C15H15FN2O4S. The molecule has 0 radical (unpaired) electrons. The average Bonchev–Trinajstić information content (AvgIpc) is 2.54. The molecule has 0 spiro atoms. The fourth-order valence-corrected chi connectivity index (χ4v) is 3.29. The predicted molar refractivity (Wildman–Crippen MR) is 80.7 cm³/mol. The van der Waals surface area contributed by atoms with Gasteiger partial charge in [-0.05, 0) is 36.8 Å². The molecule has 122 valence electrons. The summed E-state index contributed by atoms with van der Waals surface area (Å²) in [4.78, 5) is 14.8. The largest absolute Gasteiger partial charge is 0.465 e. The van der Waals surface area contributed by atoms with Gasteiger partial charge in [-0.15, -0.1) is 0 Å². The van der Waals surface area contributed by atoms with Crippen molar-refractivity contribution in [3.8, 4) is 0 Å². The van der Waals surface area contributed by atoms with Crippen molar-refractivity contribution < 1.29 is 22.3 Å². The lowest BCUT2D eigenvalue weighted by atomic mass is 10.2. The minimum absolute atomic E-state index is 0.0525. The van der Waals surface area contributed by atoms with Gasteiger partial charge in [0.15, 0.2) is 0 Å². The number of sulfonamides is 1. The highest BCUT2D eigenvalue weighted by Crippen LogP contribution is 2.20. The normalized spacial score (nSPS) is 12.7. The second-order valence-electron chi connectivity index (χ2n) is 4.77. The third-order valence-electron chi connectivity index (χ3n) is 3.16. The van der Waals surface area contributed by atoms with Crippen LogP contribution in [0.1, 0.15) is 28.9 Å². The van der Waals surface area contributed by atoms with E-state index < -0.39 is 32.7 Å². The van der Waals surface area contributed by atoms with Gasteiger partial charge in [0.1, 0.15) is 10.7 Å². The number of benzene rings is 1. The van der Waals surface area contributed by atoms with Crippen LogP contribution < -0.4 is 4.72 Å². The van der Waals surface area contributed by atoms with Crippen molar-refractivity contribution in [3.05, 3.63) is 59.7 Å². The van der Waals surface area contributed by atoms with E-state index in [-0.39, 0.29) is 5.56 Å². The van der Waals surface area contributed by atoms with Crippen LogP contribution in [0.25, 0.3) is 0 Å². The first-order valence-electron chi connectivity index (χ1n) is 6.65. The Morgan fingerprint density at radius 3 is 2.70 bits per heavy atom. The van der Waals surface area contributed by atoms with Crippen LogP contribution >= 0.6 is 0 Å². The Kier molecular flexibility index (Phi) is 5.07. The molecule has 0 saturated heterocycles. The number of nitrogens with zero attached hydrogens (tertiary/aromatic N) is 1. The van der Waals surface area contributed by atoms with Crippen molar-refractivity contribution in [2.75, 3.05) is 7.11 Å². The predicted octanol–water partition coefficient (Wildman–Crippen LogP) is 2.05. The van der Waals surface area contributed by atoms with Crippen LogP contribution in [0.5, 0.6) is 0 Å². The lowest BCUT2D eigenvalue weighted by Crippen LogP contribution is -2.28. The Balaban J connectivity index is 2.34. The van der Waals surface area contributed by atoms with Crippen molar-refractivity contribution in [1.82, 2.24) is 9.71 Å². The molecule has 1 heterocycles. The standard InChI is InChI=1S/C15H15FN2O4S/c1-10(12-4-3-7-17-9-12)18-23(20,21)14-8-11(15(19)22-2)5-6-13(14)16/h3-10,18H,1-2H3. The molecule has 0 amide bonds. The van der Waals surface area contributed by atoms with Gasteiger partial charge in [0.25, 0.3) is 0 Å². The summed E-state index contributed by atoms with van der Waals surface area (Å²) in [7, 11) is -3.01. The number of carbonyl (C=O) groups excluding carboxylic acids is 1. The third kappa shape index (κ3) is 3.91. The monoisotopic (exact) mass is 338 g/mol. The molecule has 1 aromatic carbocycles. The highest BCUT2D eigenvalue weighted by atomic mass is 32.2. The van der Waals surface area contributed by atoms with E-state index in [9.17, 15) is 17.6 Å². The van der Waals surface area contributed by atoms with Gasteiger partial charge < -0.3 is 4.74 Å². The first kappa shape index (κ1) is 17.0. The van der Waals surface area contributed by atoms with Gasteiger partial charge in [0, 0.05) is 18.4 Å². The molecule has 1 aromatic heterocycles. The van der Waals surface area contributed by atoms with Crippen LogP contribution in [-0.4, -0.2) is 26.5 Å². The fraction of sp³-hybridized carbons (Fsp3) is 0.200. The molecule has 0 aliphatic carbocycles. The fourth-order valence-electron chi connectivity index (χ4n) is 1.95. The van der Waals surface area contributed by atoms with E-state index in [1.807, 2.05) is 0 Å². The van der Waals surface area contributed by atoms with E-state index in [2.05, 4.69) is 14.4 Å². The molecule has 2 aromatic rings. The highest BCUT2D eigenvalue weighted by Gasteiger charge is 2.24. The first-order valence-corrected chi connectivity index (χ1v) is 8.13. The smallest absolute Gasteiger partial charge is 0.337 e. The number of esters is 1. The molecule has 1 N–H and O–H groups in total. The van der Waals surface area contributed by atoms with E-state index in [1.54, 1.807) is 25.3 Å². The quantitative estimate of drug-likeness (QED) is 0.843. The molecule has 1 unspecified atom stereocenters. The summed E-state index contributed by atoms with van der Waals surface area (Å²) in [5, 5.41) is 0. The summed E-state index contributed by atoms with van der Waals surface area (Å²) in [5.74, 6) is -1.70. The number of aromatic nitrogens is 1. The number of rotatable bonds is 5. The molecule has 1 atom stereocenters. The minimum atomic E-state index is -4.16. The van der Waals surface area contributed by atoms with Crippen molar-refractivity contribution in [3.63, 3.8) is 0 Å². The topological polar surface area (TPSA) is 85.4 Å². The molecule has 0 fully saturated rings. The van der Waals surface area contributed by atoms with Gasteiger partial charge in [-0.1, -0.05) is 6.07 Å². The Bertz CT molecular complexity index is 809. The van der Waals surface area contributed by atoms with Crippen LogP contribution in [0, 0.1) is 5.82 Å². The molecule has 23 heavy (non-hydrogen) atoms. The third-order valence-corrected chi connectivity index (χ3v) is 4.71. The van der Waals surface area contributed by atoms with Crippen LogP contribution in [0.4, 0.5) is 4.39 Å². The lowest BCUT2D eigenvalue weighted by Gasteiger charge is -2.15. The summed E-state index contributed by atoms with van der Waals surface area (Å²) in [6.45, 7) is 1.61. The van der Waals surface area contributed by atoms with Gasteiger partial charge in [-0.3, -0.25) is 4.98 Å².